The van der Waals surface area contributed by atoms with Crippen LogP contribution in [-0.2, 0) is 0 Å². The van der Waals surface area contributed by atoms with Gasteiger partial charge in [-0.3, -0.25) is 9.88 Å². The lowest BCUT2D eigenvalue weighted by atomic mass is 9.79. The van der Waals surface area contributed by atoms with Crippen molar-refractivity contribution in [2.75, 3.05) is 7.05 Å². The molecule has 0 N–H and O–H groups in total. The minimum Gasteiger partial charge on any atom is -0.300 e. The van der Waals surface area contributed by atoms with Gasteiger partial charge in [-0.25, -0.2) is 0 Å². The second-order valence-corrected chi connectivity index (χ2v) is 7.37. The first-order valence-electron chi connectivity index (χ1n) is 8.83. The van der Waals surface area contributed by atoms with Crippen molar-refractivity contribution < 1.29 is 0 Å². The average Bonchev–Trinajstić information content (AvgIpc) is 3.03. The summed E-state index contributed by atoms with van der Waals surface area (Å²) in [5.41, 5.74) is 8.02. The number of aromatic nitrogens is 1. The van der Waals surface area contributed by atoms with E-state index in [0.717, 1.165) is 11.7 Å². The highest BCUT2D eigenvalue weighted by molar-refractivity contribution is 5.71. The van der Waals surface area contributed by atoms with Gasteiger partial charge in [-0.2, -0.15) is 0 Å². The summed E-state index contributed by atoms with van der Waals surface area (Å²) in [6.07, 6.45) is 4.03. The fourth-order valence-corrected chi connectivity index (χ4v) is 5.19. The molecule has 120 valence electrons. The lowest BCUT2D eigenvalue weighted by molar-refractivity contribution is 0.307. The monoisotopic (exact) mass is 306 g/mol. The Bertz CT molecular complexity index is 735. The molecule has 2 heteroatoms. The predicted molar refractivity (Wildman–Crippen MR) is 95.8 cm³/mol. The summed E-state index contributed by atoms with van der Waals surface area (Å²) in [4.78, 5) is 7.56. The molecule has 2 aliphatic rings. The van der Waals surface area contributed by atoms with Gasteiger partial charge in [0.05, 0.1) is 0 Å². The Balaban J connectivity index is 1.85. The van der Waals surface area contributed by atoms with Crippen LogP contribution in [0.5, 0.6) is 0 Å². The molecule has 2 aromatic rings. The first kappa shape index (κ1) is 14.9. The van der Waals surface area contributed by atoms with Crippen LogP contribution in [0.15, 0.2) is 30.3 Å². The summed E-state index contributed by atoms with van der Waals surface area (Å²) in [6.45, 7) is 6.67. The van der Waals surface area contributed by atoms with E-state index in [1.54, 1.807) is 0 Å². The molecule has 2 saturated heterocycles. The second-order valence-electron chi connectivity index (χ2n) is 7.37. The molecule has 0 spiro atoms. The van der Waals surface area contributed by atoms with Gasteiger partial charge >= 0.3 is 0 Å². The van der Waals surface area contributed by atoms with E-state index in [0.29, 0.717) is 12.0 Å². The normalized spacial score (nSPS) is 26.9. The predicted octanol–water partition coefficient (Wildman–Crippen LogP) is 4.62. The van der Waals surface area contributed by atoms with Crippen LogP contribution in [0.2, 0.25) is 0 Å². The van der Waals surface area contributed by atoms with Crippen molar-refractivity contribution in [3.05, 3.63) is 52.8 Å². The average molecular weight is 306 g/mol. The van der Waals surface area contributed by atoms with Crippen molar-refractivity contribution in [1.29, 1.82) is 0 Å². The van der Waals surface area contributed by atoms with E-state index in [1.807, 2.05) is 0 Å². The molecule has 2 aliphatic heterocycles. The zero-order valence-electron chi connectivity index (χ0n) is 14.6. The van der Waals surface area contributed by atoms with Crippen LogP contribution in [0.3, 0.4) is 0 Å². The van der Waals surface area contributed by atoms with E-state index in [4.69, 9.17) is 4.98 Å². The van der Waals surface area contributed by atoms with Crippen LogP contribution in [0.1, 0.15) is 47.7 Å². The number of pyridine rings is 1. The molecule has 3 heterocycles. The lowest BCUT2D eigenvalue weighted by Gasteiger charge is -2.27. The summed E-state index contributed by atoms with van der Waals surface area (Å²) in [5, 5.41) is 0. The lowest BCUT2D eigenvalue weighted by Crippen LogP contribution is -2.26. The van der Waals surface area contributed by atoms with Crippen LogP contribution in [-0.4, -0.2) is 29.0 Å². The number of benzene rings is 1. The molecular formula is C21H26N2. The summed E-state index contributed by atoms with van der Waals surface area (Å²) >= 11 is 0. The zero-order valence-corrected chi connectivity index (χ0v) is 14.6. The van der Waals surface area contributed by atoms with Gasteiger partial charge in [-0.05, 0) is 63.8 Å². The number of rotatable bonds is 2. The quantitative estimate of drug-likeness (QED) is 0.804. The maximum absolute atomic E-state index is 4.95. The molecule has 2 bridgehead atoms. The highest BCUT2D eigenvalue weighted by Crippen LogP contribution is 2.48. The zero-order chi connectivity index (χ0) is 16.1. The highest BCUT2D eigenvalue weighted by Gasteiger charge is 2.45. The van der Waals surface area contributed by atoms with Gasteiger partial charge in [-0.1, -0.05) is 30.3 Å². The maximum Gasteiger partial charge on any atom is 0.0457 e. The maximum atomic E-state index is 4.95. The smallest absolute Gasteiger partial charge is 0.0457 e. The minimum absolute atomic E-state index is 0.661. The Kier molecular flexibility index (Phi) is 3.53. The van der Waals surface area contributed by atoms with Crippen molar-refractivity contribution in [3.8, 4) is 11.1 Å². The number of hydrogen-bond acceptors (Lipinski definition) is 2. The molecule has 1 aromatic heterocycles. The molecular weight excluding hydrogens is 280 g/mol. The van der Waals surface area contributed by atoms with E-state index < -0.39 is 0 Å². The fraction of sp³-hybridized carbons (Fsp3) is 0.476. The molecule has 0 amide bonds. The molecule has 0 aliphatic carbocycles. The van der Waals surface area contributed by atoms with E-state index in [1.165, 1.54) is 47.2 Å². The SMILES string of the molecule is Cc1nc(C)c([C@H]2CC3CCC2N3C)c(C)c1-c1ccccc1. The van der Waals surface area contributed by atoms with E-state index in [9.17, 15) is 0 Å². The molecule has 2 nitrogen and oxygen atoms in total. The van der Waals surface area contributed by atoms with Crippen LogP contribution in [0, 0.1) is 20.8 Å². The number of hydrogen-bond donors (Lipinski definition) is 0. The molecule has 4 rings (SSSR count). The molecule has 0 saturated carbocycles. The van der Waals surface area contributed by atoms with E-state index in [2.05, 4.69) is 63.1 Å². The topological polar surface area (TPSA) is 16.1 Å². The van der Waals surface area contributed by atoms with Crippen LogP contribution >= 0.6 is 0 Å². The van der Waals surface area contributed by atoms with Gasteiger partial charge in [0.2, 0.25) is 0 Å². The third-order valence-electron chi connectivity index (χ3n) is 6.18. The number of fused-ring (bicyclic) bond motifs is 2. The van der Waals surface area contributed by atoms with Gasteiger partial charge in [0.25, 0.3) is 0 Å². The van der Waals surface area contributed by atoms with Crippen LogP contribution < -0.4 is 0 Å². The standard InChI is InChI=1S/C21H26N2/c1-13-20(16-8-6-5-7-9-16)14(2)22-15(3)21(13)18-12-17-10-11-19(18)23(17)4/h5-9,17-19H,10-12H2,1-4H3/t17?,18-,19?/m0/s1. The van der Waals surface area contributed by atoms with Crippen LogP contribution in [0.25, 0.3) is 11.1 Å². The summed E-state index contributed by atoms with van der Waals surface area (Å²) in [6, 6.07) is 12.3. The Hall–Kier alpha value is -1.67. The highest BCUT2D eigenvalue weighted by atomic mass is 15.2. The van der Waals surface area contributed by atoms with Gasteiger partial charge in [0.1, 0.15) is 0 Å². The van der Waals surface area contributed by atoms with Crippen molar-refractivity contribution >= 4 is 0 Å². The third kappa shape index (κ3) is 2.23. The number of nitrogens with zero attached hydrogens (tertiary/aromatic N) is 2. The molecule has 1 aromatic carbocycles. The fourth-order valence-electron chi connectivity index (χ4n) is 5.19. The van der Waals surface area contributed by atoms with Gasteiger partial charge in [0.15, 0.2) is 0 Å². The molecule has 23 heavy (non-hydrogen) atoms. The summed E-state index contributed by atoms with van der Waals surface area (Å²) in [5.74, 6) is 0.661. The van der Waals surface area contributed by atoms with E-state index in [-0.39, 0.29) is 0 Å². The Labute approximate surface area is 139 Å². The Morgan fingerprint density at radius 3 is 2.35 bits per heavy atom. The number of aryl methyl sites for hydroxylation is 2. The van der Waals surface area contributed by atoms with Crippen LogP contribution in [0.4, 0.5) is 0 Å². The largest absolute Gasteiger partial charge is 0.300 e. The summed E-state index contributed by atoms with van der Waals surface area (Å²) < 4.78 is 0. The second kappa shape index (κ2) is 5.45. The Morgan fingerprint density at radius 2 is 1.74 bits per heavy atom. The first-order chi connectivity index (χ1) is 11.1. The molecule has 3 atom stereocenters. The molecule has 0 radical (unpaired) electrons. The number of likely N-dealkylation sites (N-methyl/N-ethyl adjacent to an activating group) is 1. The van der Waals surface area contributed by atoms with Crippen molar-refractivity contribution in [3.63, 3.8) is 0 Å². The van der Waals surface area contributed by atoms with E-state index >= 15 is 0 Å². The Morgan fingerprint density at radius 1 is 1.00 bits per heavy atom. The van der Waals surface area contributed by atoms with Crippen molar-refractivity contribution in [2.24, 2.45) is 0 Å². The van der Waals surface area contributed by atoms with Gasteiger partial charge in [0, 0.05) is 35.0 Å². The summed E-state index contributed by atoms with van der Waals surface area (Å²) in [7, 11) is 2.31. The molecule has 2 unspecified atom stereocenters. The van der Waals surface area contributed by atoms with Gasteiger partial charge < -0.3 is 0 Å². The molecule has 2 fully saturated rings. The van der Waals surface area contributed by atoms with Crippen molar-refractivity contribution in [2.45, 2.75) is 58.0 Å². The first-order valence-corrected chi connectivity index (χ1v) is 8.83. The van der Waals surface area contributed by atoms with Crippen molar-refractivity contribution in [1.82, 2.24) is 9.88 Å². The van der Waals surface area contributed by atoms with Gasteiger partial charge in [-0.15, -0.1) is 0 Å². The minimum atomic E-state index is 0.661. The third-order valence-corrected chi connectivity index (χ3v) is 6.18.